The number of aromatic nitrogens is 4. The maximum atomic E-state index is 8.80. The third-order valence-corrected chi connectivity index (χ3v) is 20.1. The molecule has 1 N–H and O–H groups in total. The van der Waals surface area contributed by atoms with E-state index < -0.39 is 0 Å². The lowest BCUT2D eigenvalue weighted by Crippen LogP contribution is -1.99. The van der Waals surface area contributed by atoms with Crippen LogP contribution in [0.1, 0.15) is 5.69 Å². The second-order valence-electron chi connectivity index (χ2n) is 21.3. The van der Waals surface area contributed by atoms with Crippen molar-refractivity contribution in [1.82, 2.24) is 19.9 Å². The van der Waals surface area contributed by atoms with Crippen LogP contribution in [0.4, 0.5) is 0 Å². The molecule has 0 atom stereocenters. The van der Waals surface area contributed by atoms with Gasteiger partial charge in [-0.15, -0.1) is 34.0 Å². The van der Waals surface area contributed by atoms with Gasteiger partial charge in [0.25, 0.3) is 0 Å². The fourth-order valence-corrected chi connectivity index (χ4v) is 16.0. The van der Waals surface area contributed by atoms with Crippen LogP contribution in [0.15, 0.2) is 258 Å². The van der Waals surface area contributed by atoms with Gasteiger partial charge in [-0.2, -0.15) is 0 Å². The Bertz CT molecular complexity index is 5480. The number of hydrogen-bond donors (Lipinski definition) is 1. The van der Waals surface area contributed by atoms with Crippen molar-refractivity contribution in [2.45, 2.75) is 6.92 Å². The van der Waals surface area contributed by atoms with Crippen LogP contribution in [0.5, 0.6) is 5.75 Å². The molecule has 0 bridgehead atoms. The molecule has 0 aliphatic rings. The summed E-state index contributed by atoms with van der Waals surface area (Å²) in [6, 6.07) is 82.5. The number of fused-ring (bicyclic) bond motifs is 15. The number of para-hydroxylation sites is 2. The molecule has 0 aliphatic heterocycles. The predicted molar refractivity (Wildman–Crippen MR) is 369 cm³/mol. The van der Waals surface area contributed by atoms with Crippen LogP contribution in [-0.4, -0.2) is 32.6 Å². The molecule has 13 heteroatoms. The molecule has 0 saturated heterocycles. The van der Waals surface area contributed by atoms with Crippen molar-refractivity contribution in [1.29, 1.82) is 0 Å². The van der Waals surface area contributed by atoms with Crippen molar-refractivity contribution >= 4 is 158 Å². The second kappa shape index (κ2) is 22.3. The molecule has 18 aromatic rings. The second-order valence-corrected chi connectivity index (χ2v) is 24.9. The van der Waals surface area contributed by atoms with Crippen LogP contribution >= 0.6 is 45.6 Å². The molecule has 1 radical (unpaired) electrons. The summed E-state index contributed by atoms with van der Waals surface area (Å²) in [5.74, 6) is 0.623. The molecule has 0 fully saturated rings. The summed E-state index contributed by atoms with van der Waals surface area (Å²) >= 11 is 11.5. The Hall–Kier alpha value is -10.0. The maximum absolute atomic E-state index is 8.80. The summed E-state index contributed by atoms with van der Waals surface area (Å²) in [6.07, 6.45) is 3.19. The monoisotopic (exact) mass is 1210 g/mol. The normalized spacial score (nSPS) is 11.6. The zero-order chi connectivity index (χ0) is 58.8. The molecule has 11 aromatic carbocycles. The van der Waals surface area contributed by atoms with E-state index in [0.29, 0.717) is 35.2 Å². The van der Waals surface area contributed by atoms with Gasteiger partial charge in [-0.25, -0.2) is 19.9 Å². The van der Waals surface area contributed by atoms with Crippen LogP contribution in [0.25, 0.3) is 160 Å². The first-order chi connectivity index (χ1) is 43.4. The van der Waals surface area contributed by atoms with Gasteiger partial charge < -0.3 is 18.5 Å². The first-order valence-corrected chi connectivity index (χ1v) is 31.3. The van der Waals surface area contributed by atoms with E-state index in [1.165, 1.54) is 89.1 Å². The van der Waals surface area contributed by atoms with Crippen LogP contribution in [0, 0.1) is 6.92 Å². The van der Waals surface area contributed by atoms with Crippen molar-refractivity contribution in [2.24, 2.45) is 0 Å². The molecule has 88 heavy (non-hydrogen) atoms. The van der Waals surface area contributed by atoms with Gasteiger partial charge in [0.05, 0.1) is 10.7 Å². The fraction of sp³-hybridized carbons (Fsp3) is 0.0133. The van der Waals surface area contributed by atoms with Gasteiger partial charge in [0.15, 0.2) is 16.7 Å². The van der Waals surface area contributed by atoms with Crippen LogP contribution in [0.2, 0.25) is 5.02 Å². The Balaban J connectivity index is 0.000000137. The van der Waals surface area contributed by atoms with E-state index in [9.17, 15) is 0 Å². The number of rotatable bonds is 7. The van der Waals surface area contributed by atoms with E-state index in [-0.39, 0.29) is 0 Å². The van der Waals surface area contributed by atoms with Gasteiger partial charge in [0.2, 0.25) is 0 Å². The molecular weight excluding hydrogens is 1160 g/mol. The van der Waals surface area contributed by atoms with E-state index in [0.717, 1.165) is 66.6 Å². The first-order valence-electron chi connectivity index (χ1n) is 28.5. The van der Waals surface area contributed by atoms with Gasteiger partial charge in [0, 0.05) is 82.4 Å². The Morgan fingerprint density at radius 2 is 0.784 bits per heavy atom. The van der Waals surface area contributed by atoms with E-state index in [2.05, 4.69) is 210 Å². The largest absolute Gasteiger partial charge is 0.569 e. The third-order valence-electron chi connectivity index (χ3n) is 16.2. The highest BCUT2D eigenvalue weighted by Gasteiger charge is 2.21. The molecule has 7 aromatic heterocycles. The highest BCUT2D eigenvalue weighted by atomic mass is 35.5. The van der Waals surface area contributed by atoms with Crippen molar-refractivity contribution in [3.63, 3.8) is 0 Å². The Kier molecular flexibility index (Phi) is 13.6. The van der Waals surface area contributed by atoms with Gasteiger partial charge in [-0.05, 0) is 107 Å². The van der Waals surface area contributed by atoms with E-state index >= 15 is 0 Å². The standard InChI is InChI=1S/C46H26N2OS2.C18H12BO2S.C11H7ClN2O/c1-3-22-39-34(14-1)36-19-8-17-32(45(36)50-39)28-11-5-10-27(24-28)31-16-7-21-38-42-44(49-43(31)38)41(47-26-48-42)30-13-6-12-29(25-30)33-18-9-20-37-35-15-2-4-23-40(35)51-46(33)37;20-19-21-13-6-3-5-12(11-13)14-8-4-9-16-15-7-1-2-10-17(15)22-18(14)16;1-6-10-9(14-5-13-6)7-3-2-4-8(12)11(7)15-10/h1-26H;1-11,20H;2-5H,1H3. The molecule has 18 rings (SSSR count). The van der Waals surface area contributed by atoms with Gasteiger partial charge >= 0.3 is 7.69 Å². The lowest BCUT2D eigenvalue weighted by Gasteiger charge is -2.08. The molecule has 417 valence electrons. The van der Waals surface area contributed by atoms with E-state index in [1.54, 1.807) is 23.7 Å². The minimum Gasteiger partial charge on any atom is -0.537 e. The number of benzene rings is 11. The van der Waals surface area contributed by atoms with E-state index in [4.69, 9.17) is 40.1 Å². The molecule has 7 heterocycles. The zero-order valence-corrected chi connectivity index (χ0v) is 50.0. The summed E-state index contributed by atoms with van der Waals surface area (Å²) in [6.45, 7) is 1.89. The highest BCUT2D eigenvalue weighted by molar-refractivity contribution is 7.27. The molecule has 0 unspecified atom stereocenters. The number of hydrogen-bond acceptors (Lipinski definition) is 11. The third kappa shape index (κ3) is 9.32. The van der Waals surface area contributed by atoms with Crippen molar-refractivity contribution < 1.29 is 18.5 Å². The Labute approximate surface area is 521 Å². The lowest BCUT2D eigenvalue weighted by atomic mass is 9.97. The summed E-state index contributed by atoms with van der Waals surface area (Å²) < 4.78 is 25.3. The number of aryl methyl sites for hydroxylation is 1. The zero-order valence-electron chi connectivity index (χ0n) is 46.8. The summed E-state index contributed by atoms with van der Waals surface area (Å²) in [5, 5.41) is 19.1. The van der Waals surface area contributed by atoms with Crippen LogP contribution in [0.3, 0.4) is 0 Å². The minimum atomic E-state index is 0.602. The predicted octanol–water partition coefficient (Wildman–Crippen LogP) is 21.7. The molecular formula is C75H45BClN4O4S3. The molecule has 0 aliphatic carbocycles. The summed E-state index contributed by atoms with van der Waals surface area (Å²) in [5.41, 5.74) is 16.4. The summed E-state index contributed by atoms with van der Waals surface area (Å²) in [4.78, 5) is 17.9. The average Bonchev–Trinajstić information content (AvgIpc) is 2.02. The number of halogens is 1. The lowest BCUT2D eigenvalue weighted by molar-refractivity contribution is 0.454. The highest BCUT2D eigenvalue weighted by Crippen LogP contribution is 2.46. The van der Waals surface area contributed by atoms with Gasteiger partial charge in [-0.3, -0.25) is 0 Å². The van der Waals surface area contributed by atoms with Crippen molar-refractivity contribution in [3.8, 4) is 61.5 Å². The maximum Gasteiger partial charge on any atom is 0.569 e. The average molecular weight is 1210 g/mol. The van der Waals surface area contributed by atoms with Crippen molar-refractivity contribution in [2.75, 3.05) is 0 Å². The quantitative estimate of drug-likeness (QED) is 0.157. The van der Waals surface area contributed by atoms with Gasteiger partial charge in [0.1, 0.15) is 40.7 Å². The topological polar surface area (TPSA) is 107 Å². The molecule has 0 saturated carbocycles. The number of nitrogens with zero attached hydrogens (tertiary/aromatic N) is 4. The molecule has 8 nitrogen and oxygen atoms in total. The molecule has 0 spiro atoms. The van der Waals surface area contributed by atoms with Crippen LogP contribution < -0.4 is 4.65 Å². The minimum absolute atomic E-state index is 0.602. The molecule has 0 amide bonds. The Morgan fingerprint density at radius 1 is 0.375 bits per heavy atom. The van der Waals surface area contributed by atoms with Gasteiger partial charge in [-0.1, -0.05) is 188 Å². The van der Waals surface area contributed by atoms with E-state index in [1.807, 2.05) is 59.9 Å². The van der Waals surface area contributed by atoms with Crippen molar-refractivity contribution in [3.05, 3.63) is 260 Å². The fourth-order valence-electron chi connectivity index (χ4n) is 12.1. The first kappa shape index (κ1) is 53.4. The Morgan fingerprint density at radius 3 is 1.35 bits per heavy atom. The number of thiophene rings is 3. The summed E-state index contributed by atoms with van der Waals surface area (Å²) in [7, 11) is 0.707. The SMILES string of the molecule is Cc1ncnc2c1oc1c(Cl)cccc12.O[B]Oc1cccc(-c2cccc3c2sc2ccccc23)c1.c1cc(-c2cccc3c2oc2c(-c4cccc(-c5cccc6c5sc5ccccc56)c4)ncnc23)cc(-c2cccc3c2sc2ccccc23)c1. The smallest absolute Gasteiger partial charge is 0.537 e. The number of furan rings is 2. The van der Waals surface area contributed by atoms with Crippen LogP contribution in [-0.2, 0) is 0 Å².